The van der Waals surface area contributed by atoms with E-state index in [0.717, 1.165) is 18.4 Å². The monoisotopic (exact) mass is 405 g/mol. The van der Waals surface area contributed by atoms with Gasteiger partial charge >= 0.3 is 0 Å². The molecule has 2 heterocycles. The molecule has 3 rings (SSSR count). The minimum atomic E-state index is -0.387. The van der Waals surface area contributed by atoms with Gasteiger partial charge in [0.05, 0.1) is 18.6 Å². The molecule has 0 saturated heterocycles. The second kappa shape index (κ2) is 9.69. The highest BCUT2D eigenvalue weighted by molar-refractivity contribution is 6.04. The maximum atomic E-state index is 12.7. The molecular weight excluding hydrogens is 378 g/mol. The molecular formula is C22H27N7O. The van der Waals surface area contributed by atoms with Crippen LogP contribution in [-0.4, -0.2) is 58.7 Å². The molecule has 8 heteroatoms. The molecule has 0 aromatic carbocycles. The van der Waals surface area contributed by atoms with Crippen molar-refractivity contribution in [1.82, 2.24) is 14.9 Å². The Morgan fingerprint density at radius 2 is 2.13 bits per heavy atom. The number of carbonyl (C=O) groups excluding carboxylic acids is 1. The third-order valence-electron chi connectivity index (χ3n) is 4.93. The number of hydrogen-bond donors (Lipinski definition) is 3. The van der Waals surface area contributed by atoms with Crippen molar-refractivity contribution in [2.45, 2.75) is 24.8 Å². The Morgan fingerprint density at radius 1 is 1.37 bits per heavy atom. The molecule has 0 bridgehead atoms. The first-order valence-electron chi connectivity index (χ1n) is 9.68. The Morgan fingerprint density at radius 3 is 2.80 bits per heavy atom. The Hall–Kier alpha value is -3.68. The Bertz CT molecular complexity index is 974. The molecule has 2 aromatic heterocycles. The van der Waals surface area contributed by atoms with Crippen molar-refractivity contribution in [3.63, 3.8) is 0 Å². The van der Waals surface area contributed by atoms with Gasteiger partial charge < -0.3 is 15.6 Å². The third kappa shape index (κ3) is 5.22. The molecule has 0 radical (unpaired) electrons. The number of anilines is 1. The minimum absolute atomic E-state index is 0. The summed E-state index contributed by atoms with van der Waals surface area (Å²) in [6.07, 6.45) is 8.30. The quantitative estimate of drug-likeness (QED) is 0.302. The van der Waals surface area contributed by atoms with E-state index in [1.54, 1.807) is 36.7 Å². The number of hydrogen-bond acceptors (Lipinski definition) is 6. The molecule has 2 aromatic rings. The largest absolute Gasteiger partial charge is 0.354 e. The SMILES string of the molecule is C=CC(CN=C)c1ccnc(C(=O)Nc2cc(C(=N)CN(C=N)C3CC3)ccn2)c1.[HH]. The third-order valence-corrected chi connectivity index (χ3v) is 4.93. The van der Waals surface area contributed by atoms with E-state index < -0.39 is 0 Å². The van der Waals surface area contributed by atoms with Gasteiger partial charge in [-0.3, -0.25) is 20.2 Å². The topological polar surface area (TPSA) is 118 Å². The predicted molar refractivity (Wildman–Crippen MR) is 121 cm³/mol. The molecule has 1 fully saturated rings. The van der Waals surface area contributed by atoms with Crippen molar-refractivity contribution < 1.29 is 6.22 Å². The first kappa shape index (κ1) is 21.0. The molecule has 0 spiro atoms. The van der Waals surface area contributed by atoms with E-state index >= 15 is 0 Å². The fourth-order valence-electron chi connectivity index (χ4n) is 3.08. The number of amides is 1. The average molecular weight is 406 g/mol. The molecule has 30 heavy (non-hydrogen) atoms. The molecule has 3 N–H and O–H groups in total. The van der Waals surface area contributed by atoms with E-state index in [2.05, 4.69) is 33.6 Å². The molecule has 1 saturated carbocycles. The Kier molecular flexibility index (Phi) is 6.79. The molecule has 8 nitrogen and oxygen atoms in total. The van der Waals surface area contributed by atoms with Crippen molar-refractivity contribution in [1.29, 1.82) is 10.8 Å². The van der Waals surface area contributed by atoms with E-state index in [9.17, 15) is 4.79 Å². The fourth-order valence-corrected chi connectivity index (χ4v) is 3.08. The van der Waals surface area contributed by atoms with Crippen molar-refractivity contribution in [2.75, 3.05) is 18.4 Å². The zero-order valence-electron chi connectivity index (χ0n) is 16.7. The highest BCUT2D eigenvalue weighted by Gasteiger charge is 2.27. The predicted octanol–water partition coefficient (Wildman–Crippen LogP) is 3.38. The zero-order chi connectivity index (χ0) is 21.5. The van der Waals surface area contributed by atoms with Gasteiger partial charge in [-0.2, -0.15) is 0 Å². The summed E-state index contributed by atoms with van der Waals surface area (Å²) in [7, 11) is 0. The molecule has 1 atom stereocenters. The van der Waals surface area contributed by atoms with Gasteiger partial charge in [-0.25, -0.2) is 4.98 Å². The van der Waals surface area contributed by atoms with Crippen LogP contribution in [0.2, 0.25) is 0 Å². The van der Waals surface area contributed by atoms with Crippen molar-refractivity contribution >= 4 is 30.5 Å². The molecule has 1 unspecified atom stereocenters. The number of nitrogens with zero attached hydrogens (tertiary/aromatic N) is 4. The van der Waals surface area contributed by atoms with Crippen molar-refractivity contribution in [3.05, 3.63) is 66.1 Å². The summed E-state index contributed by atoms with van der Waals surface area (Å²) in [6, 6.07) is 7.27. The standard InChI is InChI=1S/C22H25N7O.H2/c1-3-15(12-25-2)16-6-8-26-20(10-16)22(30)28-21-11-17(7-9-27-21)19(24)13-29(14-23)18-4-5-18;/h3,6-11,14-15,18,23-24H,1-2,4-5,12-13H2,(H,27,28,30);1H. The number of pyridine rings is 2. The molecule has 1 aliphatic rings. The van der Waals surface area contributed by atoms with Gasteiger partial charge in [-0.1, -0.05) is 6.08 Å². The second-order valence-corrected chi connectivity index (χ2v) is 7.12. The smallest absolute Gasteiger partial charge is 0.275 e. The summed E-state index contributed by atoms with van der Waals surface area (Å²) in [4.78, 5) is 26.8. The lowest BCUT2D eigenvalue weighted by molar-refractivity contribution is 0.102. The van der Waals surface area contributed by atoms with Gasteiger partial charge in [0.15, 0.2) is 0 Å². The zero-order valence-corrected chi connectivity index (χ0v) is 16.7. The maximum absolute atomic E-state index is 12.7. The lowest BCUT2D eigenvalue weighted by Crippen LogP contribution is -2.30. The lowest BCUT2D eigenvalue weighted by atomic mass is 9.99. The van der Waals surface area contributed by atoms with Crippen LogP contribution in [0.3, 0.4) is 0 Å². The van der Waals surface area contributed by atoms with Crippen molar-refractivity contribution in [3.8, 4) is 0 Å². The summed E-state index contributed by atoms with van der Waals surface area (Å²) in [5.74, 6) is -0.0842. The van der Waals surface area contributed by atoms with E-state index in [1.807, 2.05) is 11.0 Å². The number of aromatic nitrogens is 2. The number of aliphatic imine (C=N–C) groups is 1. The van der Waals surface area contributed by atoms with Gasteiger partial charge in [0.1, 0.15) is 11.5 Å². The normalized spacial score (nSPS) is 13.7. The summed E-state index contributed by atoms with van der Waals surface area (Å²) >= 11 is 0. The van der Waals surface area contributed by atoms with Gasteiger partial charge in [-0.15, -0.1) is 6.58 Å². The van der Waals surface area contributed by atoms with Gasteiger partial charge in [-0.05, 0) is 49.4 Å². The van der Waals surface area contributed by atoms with Crippen LogP contribution in [0.15, 0.2) is 54.3 Å². The molecule has 1 aliphatic carbocycles. The highest BCUT2D eigenvalue weighted by Crippen LogP contribution is 2.25. The highest BCUT2D eigenvalue weighted by atomic mass is 16.1. The van der Waals surface area contributed by atoms with Crippen LogP contribution in [0, 0.1) is 10.8 Å². The Labute approximate surface area is 177 Å². The molecule has 0 aliphatic heterocycles. The minimum Gasteiger partial charge on any atom is -0.354 e. The van der Waals surface area contributed by atoms with Gasteiger partial charge in [0, 0.05) is 37.9 Å². The van der Waals surface area contributed by atoms with Crippen LogP contribution in [0.5, 0.6) is 0 Å². The fraction of sp³-hybridized carbons (Fsp3) is 0.273. The summed E-state index contributed by atoms with van der Waals surface area (Å²) in [5.41, 5.74) is 2.16. The first-order chi connectivity index (χ1) is 14.5. The van der Waals surface area contributed by atoms with Crippen LogP contribution >= 0.6 is 0 Å². The summed E-state index contributed by atoms with van der Waals surface area (Å²) < 4.78 is 0. The average Bonchev–Trinajstić information content (AvgIpc) is 3.61. The number of rotatable bonds is 11. The van der Waals surface area contributed by atoms with Gasteiger partial charge in [0.25, 0.3) is 5.91 Å². The van der Waals surface area contributed by atoms with Crippen LogP contribution in [0.4, 0.5) is 5.82 Å². The van der Waals surface area contributed by atoms with E-state index in [1.165, 1.54) is 6.34 Å². The van der Waals surface area contributed by atoms with Crippen LogP contribution < -0.4 is 5.32 Å². The van der Waals surface area contributed by atoms with Crippen LogP contribution in [-0.2, 0) is 0 Å². The molecule has 1 amide bonds. The molecule has 156 valence electrons. The van der Waals surface area contributed by atoms with E-state index in [4.69, 9.17) is 10.8 Å². The van der Waals surface area contributed by atoms with Crippen LogP contribution in [0.25, 0.3) is 0 Å². The van der Waals surface area contributed by atoms with E-state index in [0.29, 0.717) is 36.2 Å². The number of carbonyl (C=O) groups is 1. The van der Waals surface area contributed by atoms with Crippen molar-refractivity contribution in [2.24, 2.45) is 4.99 Å². The summed E-state index contributed by atoms with van der Waals surface area (Å²) in [5, 5.41) is 18.6. The Balaban J connectivity index is 0.00000341. The maximum Gasteiger partial charge on any atom is 0.275 e. The number of nitrogens with one attached hydrogen (secondary N) is 3. The lowest BCUT2D eigenvalue weighted by Gasteiger charge is -2.18. The van der Waals surface area contributed by atoms with E-state index in [-0.39, 0.29) is 18.9 Å². The van der Waals surface area contributed by atoms with Crippen LogP contribution in [0.1, 0.15) is 41.8 Å². The first-order valence-corrected chi connectivity index (χ1v) is 9.68. The van der Waals surface area contributed by atoms with Gasteiger partial charge in [0.2, 0.25) is 0 Å². The second-order valence-electron chi connectivity index (χ2n) is 7.12. The summed E-state index contributed by atoms with van der Waals surface area (Å²) in [6.45, 7) is 8.16.